The van der Waals surface area contributed by atoms with Crippen molar-refractivity contribution in [2.24, 2.45) is 11.7 Å². The highest BCUT2D eigenvalue weighted by molar-refractivity contribution is 4.72. The molecule has 3 heteroatoms. The number of hydrogen-bond donors (Lipinski definition) is 1. The van der Waals surface area contributed by atoms with Crippen LogP contribution in [0.5, 0.6) is 0 Å². The Bertz CT molecular complexity index is 146. The molecule has 1 atom stereocenters. The molecule has 3 nitrogen and oxygen atoms in total. The fourth-order valence-corrected chi connectivity index (χ4v) is 1.29. The molecule has 0 aromatic heterocycles. The van der Waals surface area contributed by atoms with Crippen LogP contribution in [0.2, 0.25) is 0 Å². The zero-order valence-corrected chi connectivity index (χ0v) is 9.54. The summed E-state index contributed by atoms with van der Waals surface area (Å²) in [5, 5.41) is 0. The lowest BCUT2D eigenvalue weighted by Crippen LogP contribution is -2.28. The van der Waals surface area contributed by atoms with Gasteiger partial charge in [-0.25, -0.2) is 0 Å². The number of likely N-dealkylation sites (N-methyl/N-ethyl adjacent to an activating group) is 1. The van der Waals surface area contributed by atoms with E-state index in [0.29, 0.717) is 6.04 Å². The van der Waals surface area contributed by atoms with E-state index in [-0.39, 0.29) is 0 Å². The molecule has 0 aliphatic heterocycles. The summed E-state index contributed by atoms with van der Waals surface area (Å²) >= 11 is 0. The summed E-state index contributed by atoms with van der Waals surface area (Å²) in [6.07, 6.45) is 3.82. The van der Waals surface area contributed by atoms with Crippen LogP contribution in [0, 0.1) is 5.92 Å². The SMILES string of the molecule is CC(N)CCN(C)CCOCC1CC1. The van der Waals surface area contributed by atoms with Gasteiger partial charge in [0, 0.05) is 19.2 Å². The van der Waals surface area contributed by atoms with Gasteiger partial charge in [-0.15, -0.1) is 0 Å². The van der Waals surface area contributed by atoms with Crippen LogP contribution in [-0.4, -0.2) is 44.3 Å². The molecule has 1 saturated carbocycles. The van der Waals surface area contributed by atoms with E-state index in [9.17, 15) is 0 Å². The molecule has 0 aromatic rings. The van der Waals surface area contributed by atoms with Crippen molar-refractivity contribution in [1.82, 2.24) is 4.90 Å². The molecule has 14 heavy (non-hydrogen) atoms. The van der Waals surface area contributed by atoms with E-state index in [4.69, 9.17) is 10.5 Å². The van der Waals surface area contributed by atoms with Crippen LogP contribution in [0.25, 0.3) is 0 Å². The van der Waals surface area contributed by atoms with Gasteiger partial charge in [0.1, 0.15) is 0 Å². The molecule has 1 aliphatic carbocycles. The fourth-order valence-electron chi connectivity index (χ4n) is 1.29. The summed E-state index contributed by atoms with van der Waals surface area (Å²) in [7, 11) is 2.13. The second-order valence-corrected chi connectivity index (χ2v) is 4.59. The maximum absolute atomic E-state index is 5.69. The van der Waals surface area contributed by atoms with Gasteiger partial charge in [0.2, 0.25) is 0 Å². The van der Waals surface area contributed by atoms with Crippen molar-refractivity contribution in [3.05, 3.63) is 0 Å². The summed E-state index contributed by atoms with van der Waals surface area (Å²) in [4.78, 5) is 2.29. The highest BCUT2D eigenvalue weighted by atomic mass is 16.5. The molecule has 1 fully saturated rings. The third-order valence-corrected chi connectivity index (χ3v) is 2.63. The number of nitrogens with two attached hydrogens (primary N) is 1. The maximum Gasteiger partial charge on any atom is 0.0593 e. The average molecular weight is 200 g/mol. The Morgan fingerprint density at radius 1 is 1.43 bits per heavy atom. The molecule has 0 amide bonds. The summed E-state index contributed by atoms with van der Waals surface area (Å²) < 4.78 is 5.56. The topological polar surface area (TPSA) is 38.5 Å². The van der Waals surface area contributed by atoms with E-state index in [2.05, 4.69) is 18.9 Å². The third-order valence-electron chi connectivity index (χ3n) is 2.63. The molecule has 0 bridgehead atoms. The Hall–Kier alpha value is -0.120. The van der Waals surface area contributed by atoms with E-state index >= 15 is 0 Å². The summed E-state index contributed by atoms with van der Waals surface area (Å²) in [5.74, 6) is 0.879. The van der Waals surface area contributed by atoms with Crippen molar-refractivity contribution >= 4 is 0 Å². The van der Waals surface area contributed by atoms with E-state index in [0.717, 1.165) is 38.6 Å². The monoisotopic (exact) mass is 200 g/mol. The molecule has 2 N–H and O–H groups in total. The Morgan fingerprint density at radius 2 is 2.14 bits per heavy atom. The second kappa shape index (κ2) is 6.38. The molecule has 1 unspecified atom stereocenters. The minimum atomic E-state index is 0.310. The quantitative estimate of drug-likeness (QED) is 0.596. The molecular formula is C11H24N2O. The number of ether oxygens (including phenoxy) is 1. The van der Waals surface area contributed by atoms with Gasteiger partial charge in [-0.1, -0.05) is 0 Å². The van der Waals surface area contributed by atoms with Crippen LogP contribution in [0.1, 0.15) is 26.2 Å². The number of nitrogens with zero attached hydrogens (tertiary/aromatic N) is 1. The first-order chi connectivity index (χ1) is 6.68. The first kappa shape index (κ1) is 12.0. The predicted molar refractivity (Wildman–Crippen MR) is 59.3 cm³/mol. The van der Waals surface area contributed by atoms with Gasteiger partial charge in [-0.3, -0.25) is 0 Å². The van der Waals surface area contributed by atoms with Gasteiger partial charge in [0.15, 0.2) is 0 Å². The standard InChI is InChI=1S/C11H24N2O/c1-10(12)5-6-13(2)7-8-14-9-11-3-4-11/h10-11H,3-9,12H2,1-2H3. The first-order valence-electron chi connectivity index (χ1n) is 5.70. The molecule has 0 aromatic carbocycles. The van der Waals surface area contributed by atoms with Crippen molar-refractivity contribution in [3.63, 3.8) is 0 Å². The van der Waals surface area contributed by atoms with E-state index in [1.165, 1.54) is 12.8 Å². The highest BCUT2D eigenvalue weighted by Crippen LogP contribution is 2.28. The molecule has 84 valence electrons. The van der Waals surface area contributed by atoms with Gasteiger partial charge in [0.25, 0.3) is 0 Å². The summed E-state index contributed by atoms with van der Waals surface area (Å²) in [5.41, 5.74) is 5.69. The Labute approximate surface area is 87.6 Å². The van der Waals surface area contributed by atoms with Crippen LogP contribution < -0.4 is 5.73 Å². The largest absolute Gasteiger partial charge is 0.380 e. The lowest BCUT2D eigenvalue weighted by molar-refractivity contribution is 0.103. The minimum Gasteiger partial charge on any atom is -0.380 e. The van der Waals surface area contributed by atoms with Crippen molar-refractivity contribution in [3.8, 4) is 0 Å². The van der Waals surface area contributed by atoms with Gasteiger partial charge in [-0.2, -0.15) is 0 Å². The van der Waals surface area contributed by atoms with Gasteiger partial charge in [0.05, 0.1) is 6.61 Å². The summed E-state index contributed by atoms with van der Waals surface area (Å²) in [6, 6.07) is 0.310. The van der Waals surface area contributed by atoms with Crippen molar-refractivity contribution < 1.29 is 4.74 Å². The lowest BCUT2D eigenvalue weighted by atomic mass is 10.2. The highest BCUT2D eigenvalue weighted by Gasteiger charge is 2.20. The van der Waals surface area contributed by atoms with Gasteiger partial charge < -0.3 is 15.4 Å². The smallest absolute Gasteiger partial charge is 0.0593 e. The molecular weight excluding hydrogens is 176 g/mol. The molecule has 0 heterocycles. The van der Waals surface area contributed by atoms with Gasteiger partial charge in [-0.05, 0) is 45.7 Å². The maximum atomic E-state index is 5.69. The van der Waals surface area contributed by atoms with Crippen LogP contribution in [0.4, 0.5) is 0 Å². The molecule has 1 aliphatic rings. The van der Waals surface area contributed by atoms with E-state index in [1.54, 1.807) is 0 Å². The van der Waals surface area contributed by atoms with E-state index < -0.39 is 0 Å². The fraction of sp³-hybridized carbons (Fsp3) is 1.00. The average Bonchev–Trinajstić information content (AvgIpc) is 2.92. The van der Waals surface area contributed by atoms with Crippen LogP contribution >= 0.6 is 0 Å². The zero-order valence-electron chi connectivity index (χ0n) is 9.54. The molecule has 0 saturated heterocycles. The lowest BCUT2D eigenvalue weighted by Gasteiger charge is -2.17. The summed E-state index contributed by atoms with van der Waals surface area (Å²) in [6.45, 7) is 5.99. The van der Waals surface area contributed by atoms with Crippen molar-refractivity contribution in [2.75, 3.05) is 33.4 Å². The van der Waals surface area contributed by atoms with Gasteiger partial charge >= 0.3 is 0 Å². The minimum absolute atomic E-state index is 0.310. The Kier molecular flexibility index (Phi) is 5.45. The molecule has 1 rings (SSSR count). The van der Waals surface area contributed by atoms with E-state index in [1.807, 2.05) is 0 Å². The second-order valence-electron chi connectivity index (χ2n) is 4.59. The number of hydrogen-bond acceptors (Lipinski definition) is 3. The van der Waals surface area contributed by atoms with Crippen LogP contribution in [0.15, 0.2) is 0 Å². The Balaban J connectivity index is 1.83. The third kappa shape index (κ3) is 6.35. The van der Waals surface area contributed by atoms with Crippen molar-refractivity contribution in [1.29, 1.82) is 0 Å². The molecule has 0 radical (unpaired) electrons. The first-order valence-corrected chi connectivity index (χ1v) is 5.70. The van der Waals surface area contributed by atoms with Crippen molar-refractivity contribution in [2.45, 2.75) is 32.2 Å². The van der Waals surface area contributed by atoms with Crippen LogP contribution in [0.3, 0.4) is 0 Å². The number of rotatable bonds is 8. The normalized spacial score (nSPS) is 18.9. The zero-order chi connectivity index (χ0) is 10.4. The molecule has 0 spiro atoms. The van der Waals surface area contributed by atoms with Crippen LogP contribution in [-0.2, 0) is 4.74 Å². The Morgan fingerprint density at radius 3 is 2.71 bits per heavy atom. The predicted octanol–water partition coefficient (Wildman–Crippen LogP) is 1.08.